The van der Waals surface area contributed by atoms with Gasteiger partial charge in [0.15, 0.2) is 0 Å². The molecule has 12 heavy (non-hydrogen) atoms. The van der Waals surface area contributed by atoms with Crippen LogP contribution < -0.4 is 5.73 Å². The van der Waals surface area contributed by atoms with E-state index in [2.05, 4.69) is 0 Å². The van der Waals surface area contributed by atoms with E-state index in [1.165, 1.54) is 0 Å². The molecule has 1 aliphatic heterocycles. The van der Waals surface area contributed by atoms with Crippen molar-refractivity contribution in [3.8, 4) is 0 Å². The summed E-state index contributed by atoms with van der Waals surface area (Å²) in [6.45, 7) is 0.583. The largest absolute Gasteiger partial charge is 0.376 e. The minimum Gasteiger partial charge on any atom is -0.376 e. The summed E-state index contributed by atoms with van der Waals surface area (Å²) in [5.41, 5.74) is 4.18. The van der Waals surface area contributed by atoms with Crippen molar-refractivity contribution in [1.29, 1.82) is 0 Å². The van der Waals surface area contributed by atoms with Gasteiger partial charge in [0.25, 0.3) is 5.92 Å². The van der Waals surface area contributed by atoms with Gasteiger partial charge in [-0.1, -0.05) is 0 Å². The fourth-order valence-electron chi connectivity index (χ4n) is 1.82. The third-order valence-electron chi connectivity index (χ3n) is 2.82. The van der Waals surface area contributed by atoms with E-state index in [1.807, 2.05) is 0 Å². The molecular formula is C8H13F2NO. The normalized spacial score (nSPS) is 45.8. The van der Waals surface area contributed by atoms with Crippen molar-refractivity contribution in [3.63, 3.8) is 0 Å². The lowest BCUT2D eigenvalue weighted by Crippen LogP contribution is -2.45. The molecule has 0 aromatic rings. The molecule has 2 atom stereocenters. The average molecular weight is 177 g/mol. The van der Waals surface area contributed by atoms with Crippen LogP contribution in [0.1, 0.15) is 25.7 Å². The van der Waals surface area contributed by atoms with Gasteiger partial charge in [-0.15, -0.1) is 0 Å². The summed E-state index contributed by atoms with van der Waals surface area (Å²) in [4.78, 5) is 0. The fraction of sp³-hybridized carbons (Fsp3) is 1.00. The van der Waals surface area contributed by atoms with Gasteiger partial charge in [0, 0.05) is 13.0 Å². The predicted molar refractivity (Wildman–Crippen MR) is 40.1 cm³/mol. The van der Waals surface area contributed by atoms with Crippen LogP contribution in [0.25, 0.3) is 0 Å². The zero-order valence-electron chi connectivity index (χ0n) is 6.85. The molecule has 0 aromatic carbocycles. The Balaban J connectivity index is 2.00. The van der Waals surface area contributed by atoms with E-state index in [0.717, 1.165) is 12.8 Å². The first-order valence-corrected chi connectivity index (χ1v) is 4.35. The van der Waals surface area contributed by atoms with Crippen molar-refractivity contribution in [2.75, 3.05) is 6.61 Å². The van der Waals surface area contributed by atoms with E-state index in [-0.39, 0.29) is 6.42 Å². The molecule has 2 fully saturated rings. The zero-order chi connectivity index (χ0) is 8.82. The van der Waals surface area contributed by atoms with Gasteiger partial charge in [-0.3, -0.25) is 0 Å². The molecule has 1 saturated carbocycles. The highest BCUT2D eigenvalue weighted by atomic mass is 19.3. The first-order chi connectivity index (χ1) is 5.56. The molecule has 0 bridgehead atoms. The Morgan fingerprint density at radius 2 is 2.00 bits per heavy atom. The number of hydrogen-bond donors (Lipinski definition) is 1. The van der Waals surface area contributed by atoms with E-state index in [4.69, 9.17) is 10.5 Å². The standard InChI is InChI=1S/C8H13F2NO/c9-8(10)5-7(8,11)6-3-1-2-4-12-6/h6H,1-5,11H2. The van der Waals surface area contributed by atoms with Crippen LogP contribution in [-0.4, -0.2) is 24.2 Å². The maximum absolute atomic E-state index is 12.8. The van der Waals surface area contributed by atoms with Crippen LogP contribution in [0.4, 0.5) is 8.78 Å². The Morgan fingerprint density at radius 3 is 2.42 bits per heavy atom. The maximum atomic E-state index is 12.8. The van der Waals surface area contributed by atoms with Gasteiger partial charge in [0.05, 0.1) is 6.10 Å². The summed E-state index contributed by atoms with van der Waals surface area (Å²) in [5.74, 6) is -2.69. The summed E-state index contributed by atoms with van der Waals surface area (Å²) in [6.07, 6.45) is 2.00. The molecule has 0 amide bonds. The molecule has 2 nitrogen and oxygen atoms in total. The monoisotopic (exact) mass is 177 g/mol. The van der Waals surface area contributed by atoms with Crippen LogP contribution in [0.3, 0.4) is 0 Å². The van der Waals surface area contributed by atoms with Crippen molar-refractivity contribution in [2.45, 2.75) is 43.2 Å². The molecule has 2 unspecified atom stereocenters. The molecular weight excluding hydrogens is 164 g/mol. The van der Waals surface area contributed by atoms with Crippen LogP contribution >= 0.6 is 0 Å². The Hall–Kier alpha value is -0.220. The van der Waals surface area contributed by atoms with E-state index < -0.39 is 17.6 Å². The van der Waals surface area contributed by atoms with Gasteiger partial charge in [-0.2, -0.15) is 0 Å². The molecule has 0 radical (unpaired) electrons. The fourth-order valence-corrected chi connectivity index (χ4v) is 1.82. The Morgan fingerprint density at radius 1 is 1.33 bits per heavy atom. The molecule has 2 rings (SSSR count). The number of halogens is 2. The lowest BCUT2D eigenvalue weighted by Gasteiger charge is -2.27. The number of hydrogen-bond acceptors (Lipinski definition) is 2. The van der Waals surface area contributed by atoms with Gasteiger partial charge in [0.2, 0.25) is 0 Å². The average Bonchev–Trinajstić information content (AvgIpc) is 2.55. The highest BCUT2D eigenvalue weighted by Crippen LogP contribution is 2.54. The Kier molecular flexibility index (Phi) is 1.67. The predicted octanol–water partition coefficient (Wildman–Crippen LogP) is 1.29. The number of rotatable bonds is 1. The molecule has 0 aromatic heterocycles. The number of nitrogens with two attached hydrogens (primary N) is 1. The summed E-state index contributed by atoms with van der Waals surface area (Å²) in [7, 11) is 0. The minimum atomic E-state index is -2.69. The first kappa shape index (κ1) is 8.38. The SMILES string of the molecule is NC1(C2CCCCO2)CC1(F)F. The highest BCUT2D eigenvalue weighted by Gasteiger charge is 2.72. The van der Waals surface area contributed by atoms with Crippen molar-refractivity contribution in [1.82, 2.24) is 0 Å². The molecule has 0 spiro atoms. The zero-order valence-corrected chi connectivity index (χ0v) is 6.85. The van der Waals surface area contributed by atoms with Gasteiger partial charge >= 0.3 is 0 Å². The molecule has 2 N–H and O–H groups in total. The third kappa shape index (κ3) is 1.05. The summed E-state index contributed by atoms with van der Waals surface area (Å²) in [6, 6.07) is 0. The molecule has 4 heteroatoms. The first-order valence-electron chi connectivity index (χ1n) is 4.35. The van der Waals surface area contributed by atoms with Gasteiger partial charge in [-0.25, -0.2) is 8.78 Å². The van der Waals surface area contributed by atoms with Crippen LogP contribution in [-0.2, 0) is 4.74 Å². The van der Waals surface area contributed by atoms with E-state index >= 15 is 0 Å². The van der Waals surface area contributed by atoms with Crippen LogP contribution in [0.5, 0.6) is 0 Å². The number of ether oxygens (including phenoxy) is 1. The third-order valence-corrected chi connectivity index (χ3v) is 2.82. The second-order valence-electron chi connectivity index (χ2n) is 3.78. The van der Waals surface area contributed by atoms with Crippen molar-refractivity contribution in [2.24, 2.45) is 5.73 Å². The van der Waals surface area contributed by atoms with Crippen LogP contribution in [0.2, 0.25) is 0 Å². The topological polar surface area (TPSA) is 35.2 Å². The summed E-state index contributed by atoms with van der Waals surface area (Å²) in [5, 5.41) is 0. The number of alkyl halides is 2. The Bertz CT molecular complexity index is 191. The van der Waals surface area contributed by atoms with Gasteiger partial charge < -0.3 is 10.5 Å². The second kappa shape index (κ2) is 2.39. The molecule has 1 aliphatic carbocycles. The van der Waals surface area contributed by atoms with E-state index in [1.54, 1.807) is 0 Å². The Labute approximate surface area is 70.1 Å². The molecule has 1 saturated heterocycles. The van der Waals surface area contributed by atoms with E-state index in [0.29, 0.717) is 13.0 Å². The van der Waals surface area contributed by atoms with E-state index in [9.17, 15) is 8.78 Å². The summed E-state index contributed by atoms with van der Waals surface area (Å²) < 4.78 is 30.8. The lowest BCUT2D eigenvalue weighted by atomic mass is 10.0. The summed E-state index contributed by atoms with van der Waals surface area (Å²) >= 11 is 0. The van der Waals surface area contributed by atoms with Crippen LogP contribution in [0, 0.1) is 0 Å². The highest BCUT2D eigenvalue weighted by molar-refractivity contribution is 5.20. The molecule has 1 heterocycles. The van der Waals surface area contributed by atoms with Gasteiger partial charge in [0.1, 0.15) is 5.54 Å². The van der Waals surface area contributed by atoms with Crippen molar-refractivity contribution < 1.29 is 13.5 Å². The van der Waals surface area contributed by atoms with Crippen LogP contribution in [0.15, 0.2) is 0 Å². The second-order valence-corrected chi connectivity index (χ2v) is 3.78. The minimum absolute atomic E-state index is 0.204. The smallest absolute Gasteiger partial charge is 0.270 e. The van der Waals surface area contributed by atoms with Crippen molar-refractivity contribution in [3.05, 3.63) is 0 Å². The molecule has 2 aliphatic rings. The maximum Gasteiger partial charge on any atom is 0.270 e. The van der Waals surface area contributed by atoms with Gasteiger partial charge in [-0.05, 0) is 19.3 Å². The lowest BCUT2D eigenvalue weighted by molar-refractivity contribution is -0.0393. The molecule has 70 valence electrons. The quantitative estimate of drug-likeness (QED) is 0.655. The van der Waals surface area contributed by atoms with Crippen molar-refractivity contribution >= 4 is 0 Å².